The van der Waals surface area contributed by atoms with Gasteiger partial charge in [-0.05, 0) is 50.2 Å². The minimum Gasteiger partial charge on any atom is -0.435 e. The van der Waals surface area contributed by atoms with Crippen molar-refractivity contribution in [2.24, 2.45) is 0 Å². The maximum Gasteiger partial charge on any atom is 0.387 e. The summed E-state index contributed by atoms with van der Waals surface area (Å²) in [6.45, 7) is 0.973. The smallest absolute Gasteiger partial charge is 0.387 e. The first-order chi connectivity index (χ1) is 13.4. The second-order valence-electron chi connectivity index (χ2n) is 5.94. The van der Waals surface area contributed by atoms with Crippen molar-refractivity contribution in [3.8, 4) is 11.4 Å². The molecule has 0 aliphatic heterocycles. The lowest BCUT2D eigenvalue weighted by Crippen LogP contribution is -2.14. The highest BCUT2D eigenvalue weighted by Crippen LogP contribution is 2.23. The molecule has 2 aromatic carbocycles. The lowest BCUT2D eigenvalue weighted by Gasteiger charge is -2.09. The summed E-state index contributed by atoms with van der Waals surface area (Å²) in [5, 5.41) is 11.6. The number of anilines is 1. The molecule has 3 rings (SSSR count). The van der Waals surface area contributed by atoms with Gasteiger partial charge in [0, 0.05) is 11.4 Å². The molecule has 1 amide bonds. The number of carbonyl (C=O) groups excluding carboxylic acids is 1. The van der Waals surface area contributed by atoms with Gasteiger partial charge in [-0.2, -0.15) is 8.78 Å². The molecule has 1 aromatic heterocycles. The minimum absolute atomic E-state index is 0.0315. The summed E-state index contributed by atoms with van der Waals surface area (Å²) in [6, 6.07) is 13.7. The maximum absolute atomic E-state index is 12.2. The van der Waals surface area contributed by atoms with E-state index in [0.29, 0.717) is 10.8 Å². The molecule has 28 heavy (non-hydrogen) atoms. The van der Waals surface area contributed by atoms with E-state index in [1.165, 1.54) is 36.0 Å². The number of halogens is 2. The Hall–Kier alpha value is -2.94. The number of alkyl halides is 2. The van der Waals surface area contributed by atoms with Crippen LogP contribution >= 0.6 is 11.8 Å². The number of hydrogen-bond acceptors (Lipinski definition) is 5. The van der Waals surface area contributed by atoms with Crippen molar-refractivity contribution in [3.63, 3.8) is 0 Å². The molecule has 0 spiro atoms. The molecule has 9 heteroatoms. The number of aryl methyl sites for hydroxylation is 2. The third-order valence-corrected chi connectivity index (χ3v) is 4.71. The van der Waals surface area contributed by atoms with Crippen LogP contribution in [-0.4, -0.2) is 33.0 Å². The largest absolute Gasteiger partial charge is 0.435 e. The zero-order valence-corrected chi connectivity index (χ0v) is 16.0. The van der Waals surface area contributed by atoms with Crippen LogP contribution in [0.2, 0.25) is 0 Å². The third kappa shape index (κ3) is 5.07. The Morgan fingerprint density at radius 2 is 1.79 bits per heavy atom. The van der Waals surface area contributed by atoms with Gasteiger partial charge in [-0.25, -0.2) is 0 Å². The van der Waals surface area contributed by atoms with E-state index in [9.17, 15) is 13.6 Å². The van der Waals surface area contributed by atoms with Gasteiger partial charge >= 0.3 is 6.61 Å². The molecule has 0 saturated heterocycles. The number of rotatable bonds is 7. The highest BCUT2D eigenvalue weighted by atomic mass is 32.2. The SMILES string of the molecule is Cc1ccc(-n2c(C)nnc2SCC(=O)Nc2ccc(OC(F)F)cc2)cc1. The van der Waals surface area contributed by atoms with Gasteiger partial charge < -0.3 is 10.1 Å². The van der Waals surface area contributed by atoms with Crippen LogP contribution in [0.3, 0.4) is 0 Å². The van der Waals surface area contributed by atoms with Crippen molar-refractivity contribution in [3.05, 3.63) is 59.9 Å². The lowest BCUT2D eigenvalue weighted by molar-refractivity contribution is -0.113. The molecule has 0 bridgehead atoms. The first kappa shape index (κ1) is 19.8. The fourth-order valence-electron chi connectivity index (χ4n) is 2.47. The van der Waals surface area contributed by atoms with Crippen molar-refractivity contribution < 1.29 is 18.3 Å². The molecule has 0 atom stereocenters. The topological polar surface area (TPSA) is 69.0 Å². The number of ether oxygens (including phenoxy) is 1. The molecule has 0 fully saturated rings. The number of amides is 1. The molecule has 6 nitrogen and oxygen atoms in total. The molecule has 0 radical (unpaired) electrons. The zero-order chi connectivity index (χ0) is 20.1. The fraction of sp³-hybridized carbons (Fsp3) is 0.211. The van der Waals surface area contributed by atoms with Gasteiger partial charge in [-0.3, -0.25) is 9.36 Å². The Morgan fingerprint density at radius 1 is 1.11 bits per heavy atom. The van der Waals surface area contributed by atoms with E-state index in [0.717, 1.165) is 17.1 Å². The predicted octanol–water partition coefficient (Wildman–Crippen LogP) is 4.22. The first-order valence-electron chi connectivity index (χ1n) is 8.39. The molecule has 0 unspecified atom stereocenters. The summed E-state index contributed by atoms with van der Waals surface area (Å²) in [5.41, 5.74) is 2.56. The minimum atomic E-state index is -2.88. The molecule has 0 aliphatic carbocycles. The normalized spacial score (nSPS) is 10.9. The quantitative estimate of drug-likeness (QED) is 0.597. The van der Waals surface area contributed by atoms with Crippen LogP contribution in [0.4, 0.5) is 14.5 Å². The average molecular weight is 404 g/mol. The monoisotopic (exact) mass is 404 g/mol. The Kier molecular flexibility index (Phi) is 6.25. The van der Waals surface area contributed by atoms with E-state index in [2.05, 4.69) is 20.3 Å². The molecule has 0 aliphatic rings. The van der Waals surface area contributed by atoms with E-state index >= 15 is 0 Å². The van der Waals surface area contributed by atoms with E-state index < -0.39 is 6.61 Å². The third-order valence-electron chi connectivity index (χ3n) is 3.78. The van der Waals surface area contributed by atoms with Gasteiger partial charge in [0.05, 0.1) is 5.75 Å². The average Bonchev–Trinajstić information content (AvgIpc) is 3.02. The number of nitrogens with zero attached hydrogens (tertiary/aromatic N) is 3. The molecule has 146 valence electrons. The van der Waals surface area contributed by atoms with Gasteiger partial charge in [0.15, 0.2) is 5.16 Å². The Balaban J connectivity index is 1.61. The number of nitrogens with one attached hydrogen (secondary N) is 1. The van der Waals surface area contributed by atoms with E-state index in [1.807, 2.05) is 42.7 Å². The van der Waals surface area contributed by atoms with Gasteiger partial charge in [0.1, 0.15) is 11.6 Å². The van der Waals surface area contributed by atoms with E-state index in [1.54, 1.807) is 0 Å². The standard InChI is InChI=1S/C19H18F2N4O2S/c1-12-3-7-15(8-4-12)25-13(2)23-24-19(25)28-11-17(26)22-14-5-9-16(10-6-14)27-18(20)21/h3-10,18H,11H2,1-2H3,(H,22,26). The molecular formula is C19H18F2N4O2S. The lowest BCUT2D eigenvalue weighted by atomic mass is 10.2. The summed E-state index contributed by atoms with van der Waals surface area (Å²) in [4.78, 5) is 12.2. The van der Waals surface area contributed by atoms with Crippen molar-refractivity contribution in [2.75, 3.05) is 11.1 Å². The summed E-state index contributed by atoms with van der Waals surface area (Å²) in [6.07, 6.45) is 0. The number of carbonyl (C=O) groups is 1. The van der Waals surface area contributed by atoms with Crippen LogP contribution in [0.15, 0.2) is 53.7 Å². The maximum atomic E-state index is 12.2. The van der Waals surface area contributed by atoms with Crippen molar-refractivity contribution >= 4 is 23.4 Å². The number of hydrogen-bond donors (Lipinski definition) is 1. The summed E-state index contributed by atoms with van der Waals surface area (Å²) < 4.78 is 30.5. The number of aromatic nitrogens is 3. The molecular weight excluding hydrogens is 386 g/mol. The first-order valence-corrected chi connectivity index (χ1v) is 9.37. The highest BCUT2D eigenvalue weighted by Gasteiger charge is 2.13. The van der Waals surface area contributed by atoms with Crippen LogP contribution in [0, 0.1) is 13.8 Å². The highest BCUT2D eigenvalue weighted by molar-refractivity contribution is 7.99. The van der Waals surface area contributed by atoms with Crippen molar-refractivity contribution in [1.82, 2.24) is 14.8 Å². The molecule has 3 aromatic rings. The van der Waals surface area contributed by atoms with Gasteiger partial charge in [0.25, 0.3) is 0 Å². The zero-order valence-electron chi connectivity index (χ0n) is 15.2. The van der Waals surface area contributed by atoms with Gasteiger partial charge in [0.2, 0.25) is 5.91 Å². The number of thioether (sulfide) groups is 1. The molecule has 1 N–H and O–H groups in total. The fourth-order valence-corrected chi connectivity index (χ4v) is 3.27. The van der Waals surface area contributed by atoms with E-state index in [-0.39, 0.29) is 17.4 Å². The summed E-state index contributed by atoms with van der Waals surface area (Å²) in [5.74, 6) is 0.633. The second kappa shape index (κ2) is 8.83. The van der Waals surface area contributed by atoms with Crippen molar-refractivity contribution in [1.29, 1.82) is 0 Å². The van der Waals surface area contributed by atoms with Crippen LogP contribution in [0.25, 0.3) is 5.69 Å². The van der Waals surface area contributed by atoms with Crippen LogP contribution in [0.5, 0.6) is 5.75 Å². The van der Waals surface area contributed by atoms with Gasteiger partial charge in [-0.1, -0.05) is 29.5 Å². The Bertz CT molecular complexity index is 944. The Labute approximate surface area is 164 Å². The summed E-state index contributed by atoms with van der Waals surface area (Å²) >= 11 is 1.26. The Morgan fingerprint density at radius 3 is 2.43 bits per heavy atom. The van der Waals surface area contributed by atoms with E-state index in [4.69, 9.17) is 0 Å². The predicted molar refractivity (Wildman–Crippen MR) is 103 cm³/mol. The molecule has 1 heterocycles. The van der Waals surface area contributed by atoms with Crippen LogP contribution in [-0.2, 0) is 4.79 Å². The molecule has 0 saturated carbocycles. The summed E-state index contributed by atoms with van der Waals surface area (Å²) in [7, 11) is 0. The van der Waals surface area contributed by atoms with Gasteiger partial charge in [-0.15, -0.1) is 10.2 Å². The van der Waals surface area contributed by atoms with Crippen molar-refractivity contribution in [2.45, 2.75) is 25.6 Å². The number of benzene rings is 2. The van der Waals surface area contributed by atoms with Crippen LogP contribution < -0.4 is 10.1 Å². The second-order valence-corrected chi connectivity index (χ2v) is 6.88. The van der Waals surface area contributed by atoms with Crippen LogP contribution in [0.1, 0.15) is 11.4 Å².